The molecule has 1 aliphatic rings. The number of nitrogens with zero attached hydrogens (tertiary/aromatic N) is 1. The first kappa shape index (κ1) is 10.4. The van der Waals surface area contributed by atoms with E-state index < -0.39 is 12.1 Å². The van der Waals surface area contributed by atoms with E-state index in [0.717, 1.165) is 19.5 Å². The Morgan fingerprint density at radius 2 is 2.31 bits per heavy atom. The maximum atomic E-state index is 12.7. The number of rotatable bonds is 5. The fourth-order valence-corrected chi connectivity index (χ4v) is 1.60. The van der Waals surface area contributed by atoms with Crippen molar-refractivity contribution >= 4 is 5.97 Å². The summed E-state index contributed by atoms with van der Waals surface area (Å²) in [5.41, 5.74) is 0. The molecule has 0 bridgehead atoms. The highest BCUT2D eigenvalue weighted by atomic mass is 19.1. The van der Waals surface area contributed by atoms with Crippen LogP contribution in [0.4, 0.5) is 4.39 Å². The molecule has 1 atom stereocenters. The molecule has 0 saturated carbocycles. The molecule has 0 aromatic rings. The van der Waals surface area contributed by atoms with Crippen molar-refractivity contribution in [2.45, 2.75) is 31.9 Å². The van der Waals surface area contributed by atoms with Crippen LogP contribution in [-0.2, 0) is 4.79 Å². The standard InChI is InChI=1S/C9H16FNO2/c10-8-4-6-11(7-8)5-2-1-3-9(12)13/h8H,1-7H2,(H,12,13)/t8-/m1/s1. The number of carbonyl (C=O) groups is 1. The summed E-state index contributed by atoms with van der Waals surface area (Å²) in [5.74, 6) is -0.746. The van der Waals surface area contributed by atoms with Gasteiger partial charge in [0, 0.05) is 19.5 Å². The first-order chi connectivity index (χ1) is 6.18. The normalized spacial score (nSPS) is 23.6. The highest BCUT2D eigenvalue weighted by Gasteiger charge is 2.20. The Morgan fingerprint density at radius 1 is 1.54 bits per heavy atom. The second-order valence-electron chi connectivity index (χ2n) is 3.54. The van der Waals surface area contributed by atoms with Gasteiger partial charge in [-0.25, -0.2) is 4.39 Å². The first-order valence-electron chi connectivity index (χ1n) is 4.76. The zero-order chi connectivity index (χ0) is 9.68. The van der Waals surface area contributed by atoms with Gasteiger partial charge in [-0.15, -0.1) is 0 Å². The third-order valence-electron chi connectivity index (χ3n) is 2.33. The Bertz CT molecular complexity index is 175. The third-order valence-corrected chi connectivity index (χ3v) is 2.33. The molecular formula is C9H16FNO2. The molecule has 1 N–H and O–H groups in total. The summed E-state index contributed by atoms with van der Waals surface area (Å²) in [7, 11) is 0. The fourth-order valence-electron chi connectivity index (χ4n) is 1.60. The van der Waals surface area contributed by atoms with Crippen molar-refractivity contribution in [1.82, 2.24) is 4.90 Å². The topological polar surface area (TPSA) is 40.5 Å². The van der Waals surface area contributed by atoms with Crippen LogP contribution in [-0.4, -0.2) is 41.8 Å². The van der Waals surface area contributed by atoms with Crippen molar-refractivity contribution in [1.29, 1.82) is 0 Å². The van der Waals surface area contributed by atoms with Gasteiger partial charge in [0.25, 0.3) is 0 Å². The number of carboxylic acids is 1. The van der Waals surface area contributed by atoms with Crippen molar-refractivity contribution in [2.24, 2.45) is 0 Å². The fraction of sp³-hybridized carbons (Fsp3) is 0.889. The van der Waals surface area contributed by atoms with Gasteiger partial charge < -0.3 is 10.0 Å². The first-order valence-corrected chi connectivity index (χ1v) is 4.76. The van der Waals surface area contributed by atoms with Gasteiger partial charge in [-0.1, -0.05) is 0 Å². The van der Waals surface area contributed by atoms with Crippen LogP contribution in [0, 0.1) is 0 Å². The Hall–Kier alpha value is -0.640. The lowest BCUT2D eigenvalue weighted by Crippen LogP contribution is -2.22. The maximum absolute atomic E-state index is 12.7. The summed E-state index contributed by atoms with van der Waals surface area (Å²) < 4.78 is 12.7. The molecule has 13 heavy (non-hydrogen) atoms. The van der Waals surface area contributed by atoms with E-state index in [4.69, 9.17) is 5.11 Å². The average molecular weight is 189 g/mol. The highest BCUT2D eigenvalue weighted by Crippen LogP contribution is 2.12. The molecule has 0 aromatic heterocycles. The minimum atomic E-state index is -0.746. The van der Waals surface area contributed by atoms with Crippen LogP contribution >= 0.6 is 0 Å². The zero-order valence-corrected chi connectivity index (χ0v) is 7.71. The number of aliphatic carboxylic acids is 1. The Morgan fingerprint density at radius 3 is 2.85 bits per heavy atom. The predicted molar refractivity (Wildman–Crippen MR) is 47.4 cm³/mol. The van der Waals surface area contributed by atoms with Gasteiger partial charge in [0.05, 0.1) is 0 Å². The number of likely N-dealkylation sites (tertiary alicyclic amines) is 1. The average Bonchev–Trinajstić information content (AvgIpc) is 2.45. The smallest absolute Gasteiger partial charge is 0.303 e. The van der Waals surface area contributed by atoms with E-state index in [1.54, 1.807) is 0 Å². The van der Waals surface area contributed by atoms with Gasteiger partial charge in [0.1, 0.15) is 6.17 Å². The van der Waals surface area contributed by atoms with Crippen LogP contribution in [0.3, 0.4) is 0 Å². The van der Waals surface area contributed by atoms with Crippen LogP contribution in [0.1, 0.15) is 25.7 Å². The number of alkyl halides is 1. The Balaban J connectivity index is 1.97. The van der Waals surface area contributed by atoms with E-state index in [2.05, 4.69) is 4.90 Å². The van der Waals surface area contributed by atoms with Gasteiger partial charge in [-0.2, -0.15) is 0 Å². The van der Waals surface area contributed by atoms with Gasteiger partial charge in [-0.05, 0) is 25.8 Å². The second kappa shape index (κ2) is 5.17. The van der Waals surface area contributed by atoms with Crippen molar-refractivity contribution in [3.05, 3.63) is 0 Å². The molecule has 1 heterocycles. The molecule has 1 aliphatic heterocycles. The van der Waals surface area contributed by atoms with Crippen LogP contribution in [0.15, 0.2) is 0 Å². The summed E-state index contributed by atoms with van der Waals surface area (Å²) >= 11 is 0. The van der Waals surface area contributed by atoms with E-state index in [9.17, 15) is 9.18 Å². The quantitative estimate of drug-likeness (QED) is 0.662. The minimum Gasteiger partial charge on any atom is -0.481 e. The summed E-state index contributed by atoms with van der Waals surface area (Å²) in [5, 5.41) is 8.37. The van der Waals surface area contributed by atoms with Gasteiger partial charge in [-0.3, -0.25) is 4.79 Å². The van der Waals surface area contributed by atoms with E-state index in [1.165, 1.54) is 0 Å². The molecule has 76 valence electrons. The molecule has 0 aromatic carbocycles. The Labute approximate surface area is 77.5 Å². The summed E-state index contributed by atoms with van der Waals surface area (Å²) in [6.45, 7) is 2.20. The molecule has 1 fully saturated rings. The SMILES string of the molecule is O=C(O)CCCCN1CC[C@@H](F)C1. The molecule has 0 radical (unpaired) electrons. The molecule has 0 amide bonds. The molecule has 1 saturated heterocycles. The lowest BCUT2D eigenvalue weighted by molar-refractivity contribution is -0.137. The van der Waals surface area contributed by atoms with Crippen molar-refractivity contribution < 1.29 is 14.3 Å². The summed E-state index contributed by atoms with van der Waals surface area (Å²) in [4.78, 5) is 12.2. The number of halogens is 1. The number of hydrogen-bond donors (Lipinski definition) is 1. The lowest BCUT2D eigenvalue weighted by atomic mass is 10.2. The monoisotopic (exact) mass is 189 g/mol. The molecule has 0 spiro atoms. The van der Waals surface area contributed by atoms with E-state index in [-0.39, 0.29) is 6.42 Å². The largest absolute Gasteiger partial charge is 0.481 e. The lowest BCUT2D eigenvalue weighted by Gasteiger charge is -2.13. The van der Waals surface area contributed by atoms with Gasteiger partial charge in [0.15, 0.2) is 0 Å². The Kier molecular flexibility index (Phi) is 4.15. The van der Waals surface area contributed by atoms with Crippen molar-refractivity contribution in [2.75, 3.05) is 19.6 Å². The van der Waals surface area contributed by atoms with Crippen LogP contribution in [0.25, 0.3) is 0 Å². The predicted octanol–water partition coefficient (Wildman–Crippen LogP) is 1.29. The van der Waals surface area contributed by atoms with E-state index >= 15 is 0 Å². The molecule has 1 rings (SSSR count). The minimum absolute atomic E-state index is 0.229. The van der Waals surface area contributed by atoms with E-state index in [1.807, 2.05) is 0 Å². The van der Waals surface area contributed by atoms with Gasteiger partial charge in [0.2, 0.25) is 0 Å². The van der Waals surface area contributed by atoms with Crippen LogP contribution < -0.4 is 0 Å². The number of unbranched alkanes of at least 4 members (excludes halogenated alkanes) is 1. The van der Waals surface area contributed by atoms with Crippen LogP contribution in [0.5, 0.6) is 0 Å². The highest BCUT2D eigenvalue weighted by molar-refractivity contribution is 5.66. The number of hydrogen-bond acceptors (Lipinski definition) is 2. The molecular weight excluding hydrogens is 173 g/mol. The molecule has 0 unspecified atom stereocenters. The van der Waals surface area contributed by atoms with Gasteiger partial charge >= 0.3 is 5.97 Å². The van der Waals surface area contributed by atoms with Crippen LogP contribution in [0.2, 0.25) is 0 Å². The third kappa shape index (κ3) is 4.22. The van der Waals surface area contributed by atoms with Crippen molar-refractivity contribution in [3.8, 4) is 0 Å². The van der Waals surface area contributed by atoms with E-state index in [0.29, 0.717) is 19.4 Å². The molecule has 4 heteroatoms. The second-order valence-corrected chi connectivity index (χ2v) is 3.54. The zero-order valence-electron chi connectivity index (χ0n) is 7.71. The molecule has 3 nitrogen and oxygen atoms in total. The number of carboxylic acid groups (broad SMARTS) is 1. The summed E-state index contributed by atoms with van der Waals surface area (Å²) in [6.07, 6.45) is 1.76. The summed E-state index contributed by atoms with van der Waals surface area (Å²) in [6, 6.07) is 0. The molecule has 0 aliphatic carbocycles. The van der Waals surface area contributed by atoms with Crippen molar-refractivity contribution in [3.63, 3.8) is 0 Å². The maximum Gasteiger partial charge on any atom is 0.303 e.